The highest BCUT2D eigenvalue weighted by molar-refractivity contribution is 5.88. The number of halogens is 1. The van der Waals surface area contributed by atoms with Gasteiger partial charge in [0, 0.05) is 12.7 Å². The van der Waals surface area contributed by atoms with Gasteiger partial charge in [0.15, 0.2) is 11.6 Å². The molecule has 0 unspecified atom stereocenters. The third-order valence-electron chi connectivity index (χ3n) is 1.79. The quantitative estimate of drug-likeness (QED) is 0.626. The molecule has 1 heterocycles. The monoisotopic (exact) mass is 213 g/mol. The Morgan fingerprint density at radius 2 is 2.40 bits per heavy atom. The van der Waals surface area contributed by atoms with E-state index in [1.54, 1.807) is 0 Å². The molecule has 1 aromatic heterocycles. The maximum absolute atomic E-state index is 13.4. The third-order valence-corrected chi connectivity index (χ3v) is 1.79. The summed E-state index contributed by atoms with van der Waals surface area (Å²) in [5, 5.41) is 11.3. The third kappa shape index (κ3) is 2.88. The molecule has 0 atom stereocenters. The van der Waals surface area contributed by atoms with Crippen molar-refractivity contribution in [3.05, 3.63) is 23.6 Å². The van der Waals surface area contributed by atoms with Gasteiger partial charge in [-0.15, -0.1) is 0 Å². The van der Waals surface area contributed by atoms with E-state index in [-0.39, 0.29) is 11.4 Å². The van der Waals surface area contributed by atoms with Gasteiger partial charge in [-0.3, -0.25) is 0 Å². The summed E-state index contributed by atoms with van der Waals surface area (Å²) in [6.45, 7) is 0.941. The van der Waals surface area contributed by atoms with Crippen molar-refractivity contribution in [2.24, 2.45) is 5.73 Å². The van der Waals surface area contributed by atoms with Crippen molar-refractivity contribution in [1.82, 2.24) is 4.98 Å². The van der Waals surface area contributed by atoms with Gasteiger partial charge in [0.1, 0.15) is 5.56 Å². The van der Waals surface area contributed by atoms with Gasteiger partial charge in [0.05, 0.1) is 0 Å². The number of rotatable bonds is 5. The molecule has 0 bridgehead atoms. The van der Waals surface area contributed by atoms with Crippen molar-refractivity contribution in [1.29, 1.82) is 0 Å². The highest BCUT2D eigenvalue weighted by Crippen LogP contribution is 2.14. The van der Waals surface area contributed by atoms with Crippen molar-refractivity contribution >= 4 is 11.8 Å². The molecular weight excluding hydrogens is 201 g/mol. The van der Waals surface area contributed by atoms with Gasteiger partial charge < -0.3 is 16.2 Å². The molecule has 0 saturated heterocycles. The predicted octanol–water partition coefficient (Wildman–Crippen LogP) is 0.680. The number of aromatic carboxylic acids is 1. The van der Waals surface area contributed by atoms with Crippen molar-refractivity contribution in [2.75, 3.05) is 18.4 Å². The summed E-state index contributed by atoms with van der Waals surface area (Å²) >= 11 is 0. The summed E-state index contributed by atoms with van der Waals surface area (Å²) in [5.41, 5.74) is 4.87. The lowest BCUT2D eigenvalue weighted by molar-refractivity contribution is 0.0692. The van der Waals surface area contributed by atoms with E-state index in [1.165, 1.54) is 6.20 Å². The minimum atomic E-state index is -1.31. The van der Waals surface area contributed by atoms with Crippen molar-refractivity contribution in [3.8, 4) is 0 Å². The Kier molecular flexibility index (Phi) is 3.99. The number of anilines is 1. The second kappa shape index (κ2) is 5.26. The first-order valence-electron chi connectivity index (χ1n) is 4.48. The Balaban J connectivity index is 2.80. The largest absolute Gasteiger partial charge is 0.478 e. The van der Waals surface area contributed by atoms with Crippen molar-refractivity contribution in [3.63, 3.8) is 0 Å². The Hall–Kier alpha value is -1.69. The number of nitrogens with one attached hydrogen (secondary N) is 1. The van der Waals surface area contributed by atoms with Crippen LogP contribution in [0, 0.1) is 5.82 Å². The summed E-state index contributed by atoms with van der Waals surface area (Å²) in [4.78, 5) is 14.3. The summed E-state index contributed by atoms with van der Waals surface area (Å²) in [6.07, 6.45) is 1.91. The number of pyridine rings is 1. The van der Waals surface area contributed by atoms with Crippen LogP contribution in [0.5, 0.6) is 0 Å². The molecule has 0 aromatic carbocycles. The molecule has 0 fully saturated rings. The predicted molar refractivity (Wildman–Crippen MR) is 53.3 cm³/mol. The van der Waals surface area contributed by atoms with Gasteiger partial charge in [-0.1, -0.05) is 0 Å². The van der Waals surface area contributed by atoms with Gasteiger partial charge >= 0.3 is 5.97 Å². The van der Waals surface area contributed by atoms with Crippen LogP contribution in [0.4, 0.5) is 10.2 Å². The van der Waals surface area contributed by atoms with E-state index in [0.717, 1.165) is 6.07 Å². The van der Waals surface area contributed by atoms with Gasteiger partial charge in [0.2, 0.25) is 0 Å². The zero-order chi connectivity index (χ0) is 11.3. The van der Waals surface area contributed by atoms with Crippen LogP contribution in [0.25, 0.3) is 0 Å². The molecule has 15 heavy (non-hydrogen) atoms. The number of aromatic nitrogens is 1. The van der Waals surface area contributed by atoms with E-state index in [9.17, 15) is 9.18 Å². The SMILES string of the molecule is NCCCNc1nccc(C(=O)O)c1F. The van der Waals surface area contributed by atoms with E-state index in [1.807, 2.05) is 0 Å². The molecule has 1 aromatic rings. The summed E-state index contributed by atoms with van der Waals surface area (Å²) in [6, 6.07) is 1.12. The number of hydrogen-bond acceptors (Lipinski definition) is 4. The molecule has 5 nitrogen and oxygen atoms in total. The fourth-order valence-electron chi connectivity index (χ4n) is 1.04. The lowest BCUT2D eigenvalue weighted by Crippen LogP contribution is -2.12. The first-order chi connectivity index (χ1) is 7.16. The normalized spacial score (nSPS) is 10.0. The fourth-order valence-corrected chi connectivity index (χ4v) is 1.04. The van der Waals surface area contributed by atoms with Gasteiger partial charge in [-0.2, -0.15) is 0 Å². The molecule has 0 aliphatic heterocycles. The van der Waals surface area contributed by atoms with E-state index >= 15 is 0 Å². The molecule has 0 amide bonds. The van der Waals surface area contributed by atoms with Crippen molar-refractivity contribution < 1.29 is 14.3 Å². The Morgan fingerprint density at radius 1 is 1.67 bits per heavy atom. The number of carbonyl (C=O) groups is 1. The molecule has 1 rings (SSSR count). The van der Waals surface area contributed by atoms with Gasteiger partial charge in [0.25, 0.3) is 0 Å². The van der Waals surface area contributed by atoms with Crippen molar-refractivity contribution in [2.45, 2.75) is 6.42 Å². The van der Waals surface area contributed by atoms with Crippen LogP contribution < -0.4 is 11.1 Å². The standard InChI is InChI=1S/C9H12FN3O2/c10-7-6(9(14)15)2-5-13-8(7)12-4-1-3-11/h2,5H,1,3-4,11H2,(H,12,13)(H,14,15). The average molecular weight is 213 g/mol. The molecule has 4 N–H and O–H groups in total. The lowest BCUT2D eigenvalue weighted by atomic mass is 10.2. The fraction of sp³-hybridized carbons (Fsp3) is 0.333. The average Bonchev–Trinajstić information content (AvgIpc) is 2.20. The summed E-state index contributed by atoms with van der Waals surface area (Å²) < 4.78 is 13.4. The number of carboxylic acids is 1. The molecule has 0 saturated carbocycles. The van der Waals surface area contributed by atoms with E-state index < -0.39 is 11.8 Å². The van der Waals surface area contributed by atoms with Crippen LogP contribution >= 0.6 is 0 Å². The topological polar surface area (TPSA) is 88.2 Å². The van der Waals surface area contributed by atoms with Crippen LogP contribution in [0.1, 0.15) is 16.8 Å². The maximum atomic E-state index is 13.4. The van der Waals surface area contributed by atoms with Crippen LogP contribution in [0.3, 0.4) is 0 Å². The zero-order valence-corrected chi connectivity index (χ0v) is 8.03. The molecule has 82 valence electrons. The smallest absolute Gasteiger partial charge is 0.338 e. The van der Waals surface area contributed by atoms with E-state index in [0.29, 0.717) is 19.5 Å². The minimum Gasteiger partial charge on any atom is -0.478 e. The zero-order valence-electron chi connectivity index (χ0n) is 8.03. The first kappa shape index (κ1) is 11.4. The molecule has 6 heteroatoms. The van der Waals surface area contributed by atoms with Crippen LogP contribution in [-0.2, 0) is 0 Å². The maximum Gasteiger partial charge on any atom is 0.338 e. The summed E-state index contributed by atoms with van der Waals surface area (Å²) in [7, 11) is 0. The van der Waals surface area contributed by atoms with Crippen LogP contribution in [-0.4, -0.2) is 29.1 Å². The molecule has 0 radical (unpaired) electrons. The number of nitrogens with two attached hydrogens (primary N) is 1. The van der Waals surface area contributed by atoms with E-state index in [2.05, 4.69) is 10.3 Å². The first-order valence-corrected chi connectivity index (χ1v) is 4.48. The Labute approximate surface area is 86.1 Å². The molecule has 0 aliphatic rings. The van der Waals surface area contributed by atoms with Gasteiger partial charge in [-0.05, 0) is 19.0 Å². The summed E-state index contributed by atoms with van der Waals surface area (Å²) in [5.74, 6) is -2.21. The second-order valence-corrected chi connectivity index (χ2v) is 2.90. The Bertz CT molecular complexity index is 357. The number of carboxylic acid groups (broad SMARTS) is 1. The second-order valence-electron chi connectivity index (χ2n) is 2.90. The van der Waals surface area contributed by atoms with Gasteiger partial charge in [-0.25, -0.2) is 14.2 Å². The minimum absolute atomic E-state index is 0.0525. The number of nitrogens with zero attached hydrogens (tertiary/aromatic N) is 1. The van der Waals surface area contributed by atoms with Crippen LogP contribution in [0.2, 0.25) is 0 Å². The molecular formula is C9H12FN3O2. The number of hydrogen-bond donors (Lipinski definition) is 3. The van der Waals surface area contributed by atoms with Crippen LogP contribution in [0.15, 0.2) is 12.3 Å². The van der Waals surface area contributed by atoms with E-state index in [4.69, 9.17) is 10.8 Å². The highest BCUT2D eigenvalue weighted by Gasteiger charge is 2.14. The Morgan fingerprint density at radius 3 is 3.00 bits per heavy atom. The highest BCUT2D eigenvalue weighted by atomic mass is 19.1. The molecule has 0 spiro atoms. The molecule has 0 aliphatic carbocycles. The lowest BCUT2D eigenvalue weighted by Gasteiger charge is -2.06.